The van der Waals surface area contributed by atoms with Crippen molar-refractivity contribution in [1.82, 2.24) is 25.3 Å². The van der Waals surface area contributed by atoms with Gasteiger partial charge in [-0.15, -0.1) is 0 Å². The molecule has 0 saturated carbocycles. The highest BCUT2D eigenvalue weighted by atomic mass is 16.5. The van der Waals surface area contributed by atoms with Crippen LogP contribution in [-0.4, -0.2) is 78.8 Å². The van der Waals surface area contributed by atoms with Crippen LogP contribution in [-0.2, 0) is 16.0 Å². The number of rotatable bonds is 9. The Morgan fingerprint density at radius 3 is 2.79 bits per heavy atom. The molecule has 8 nitrogen and oxygen atoms in total. The molecule has 1 saturated heterocycles. The van der Waals surface area contributed by atoms with Gasteiger partial charge in [0.2, 0.25) is 11.8 Å². The number of amides is 1. The van der Waals surface area contributed by atoms with Gasteiger partial charge in [0.05, 0.1) is 19.2 Å². The van der Waals surface area contributed by atoms with Crippen LogP contribution < -0.4 is 5.32 Å². The molecule has 1 aromatic heterocycles. The Labute approximate surface area is 143 Å². The average molecular weight is 339 g/mol. The van der Waals surface area contributed by atoms with Crippen LogP contribution in [0.15, 0.2) is 4.52 Å². The summed E-state index contributed by atoms with van der Waals surface area (Å²) in [5.74, 6) is 1.52. The lowest BCUT2D eigenvalue weighted by atomic mass is 10.2. The van der Waals surface area contributed by atoms with E-state index in [9.17, 15) is 4.79 Å². The lowest BCUT2D eigenvalue weighted by Crippen LogP contribution is -2.50. The molecule has 2 heterocycles. The quantitative estimate of drug-likeness (QED) is 0.655. The third-order valence-electron chi connectivity index (χ3n) is 4.26. The Hall–Kier alpha value is -1.51. The van der Waals surface area contributed by atoms with Gasteiger partial charge >= 0.3 is 0 Å². The first-order valence-electron chi connectivity index (χ1n) is 8.68. The fourth-order valence-corrected chi connectivity index (χ4v) is 2.78. The van der Waals surface area contributed by atoms with Gasteiger partial charge in [0.15, 0.2) is 5.82 Å². The topological polar surface area (TPSA) is 83.7 Å². The standard InChI is InChI=1S/C16H29N5O3/c1-4-5-14-18-16(24-19-14)13(2)21-9-7-20(8-10-21)12-15(22)17-6-11-23-3/h13H,4-12H2,1-3H3,(H,17,22)/t13-/m0/s1. The Balaban J connectivity index is 1.74. The van der Waals surface area contributed by atoms with Crippen LogP contribution in [0.25, 0.3) is 0 Å². The van der Waals surface area contributed by atoms with E-state index in [1.807, 2.05) is 0 Å². The van der Waals surface area contributed by atoms with Crippen molar-refractivity contribution in [2.24, 2.45) is 0 Å². The van der Waals surface area contributed by atoms with Crippen LogP contribution in [0.4, 0.5) is 0 Å². The van der Waals surface area contributed by atoms with E-state index in [1.165, 1.54) is 0 Å². The molecule has 1 aromatic rings. The van der Waals surface area contributed by atoms with E-state index in [0.717, 1.165) is 44.8 Å². The van der Waals surface area contributed by atoms with Gasteiger partial charge in [0.25, 0.3) is 0 Å². The van der Waals surface area contributed by atoms with Gasteiger partial charge in [-0.1, -0.05) is 12.1 Å². The highest BCUT2D eigenvalue weighted by Gasteiger charge is 2.26. The molecular weight excluding hydrogens is 310 g/mol. The van der Waals surface area contributed by atoms with Gasteiger partial charge in [-0.3, -0.25) is 14.6 Å². The molecule has 136 valence electrons. The molecule has 24 heavy (non-hydrogen) atoms. The number of hydrogen-bond acceptors (Lipinski definition) is 7. The van der Waals surface area contributed by atoms with Crippen molar-refractivity contribution in [2.45, 2.75) is 32.7 Å². The molecule has 1 aliphatic heterocycles. The minimum atomic E-state index is 0.0506. The highest BCUT2D eigenvalue weighted by Crippen LogP contribution is 2.20. The van der Waals surface area contributed by atoms with Crippen LogP contribution in [0, 0.1) is 0 Å². The average Bonchev–Trinajstić information content (AvgIpc) is 3.04. The third kappa shape index (κ3) is 5.54. The number of carbonyl (C=O) groups excluding carboxylic acids is 1. The lowest BCUT2D eigenvalue weighted by molar-refractivity contribution is -0.122. The van der Waals surface area contributed by atoms with Crippen molar-refractivity contribution < 1.29 is 14.1 Å². The maximum Gasteiger partial charge on any atom is 0.243 e. The Morgan fingerprint density at radius 1 is 1.38 bits per heavy atom. The summed E-state index contributed by atoms with van der Waals surface area (Å²) in [6.45, 7) is 9.23. The minimum Gasteiger partial charge on any atom is -0.383 e. The summed E-state index contributed by atoms with van der Waals surface area (Å²) in [6.07, 6.45) is 1.86. The number of nitrogens with zero attached hydrogens (tertiary/aromatic N) is 4. The van der Waals surface area contributed by atoms with Crippen molar-refractivity contribution in [1.29, 1.82) is 0 Å². The normalized spacial score (nSPS) is 17.8. The maximum atomic E-state index is 11.8. The molecule has 1 N–H and O–H groups in total. The summed E-state index contributed by atoms with van der Waals surface area (Å²) < 4.78 is 10.3. The number of ether oxygens (including phenoxy) is 1. The number of aryl methyl sites for hydroxylation is 1. The van der Waals surface area contributed by atoms with Crippen molar-refractivity contribution >= 4 is 5.91 Å². The predicted molar refractivity (Wildman–Crippen MR) is 89.6 cm³/mol. The first kappa shape index (κ1) is 18.8. The van der Waals surface area contributed by atoms with Crippen LogP contribution in [0.2, 0.25) is 0 Å². The molecule has 0 aromatic carbocycles. The van der Waals surface area contributed by atoms with E-state index in [4.69, 9.17) is 9.26 Å². The second kappa shape index (κ2) is 9.71. The van der Waals surface area contributed by atoms with Crippen LogP contribution in [0.3, 0.4) is 0 Å². The van der Waals surface area contributed by atoms with Crippen molar-refractivity contribution in [3.05, 3.63) is 11.7 Å². The zero-order valence-electron chi connectivity index (χ0n) is 15.0. The largest absolute Gasteiger partial charge is 0.383 e. The predicted octanol–water partition coefficient (Wildman–Crippen LogP) is 0.463. The smallest absolute Gasteiger partial charge is 0.243 e. The van der Waals surface area contributed by atoms with Crippen molar-refractivity contribution in [3.63, 3.8) is 0 Å². The molecular formula is C16H29N5O3. The molecule has 0 radical (unpaired) electrons. The van der Waals surface area contributed by atoms with Gasteiger partial charge in [-0.25, -0.2) is 0 Å². The van der Waals surface area contributed by atoms with E-state index in [-0.39, 0.29) is 11.9 Å². The van der Waals surface area contributed by atoms with E-state index >= 15 is 0 Å². The van der Waals surface area contributed by atoms with Crippen LogP contribution in [0.1, 0.15) is 38.0 Å². The van der Waals surface area contributed by atoms with E-state index in [0.29, 0.717) is 25.6 Å². The SMILES string of the molecule is CCCc1noc([C@H](C)N2CCN(CC(=O)NCCOC)CC2)n1. The number of aromatic nitrogens is 2. The van der Waals surface area contributed by atoms with Crippen molar-refractivity contribution in [2.75, 3.05) is 53.0 Å². The van der Waals surface area contributed by atoms with E-state index in [1.54, 1.807) is 7.11 Å². The Morgan fingerprint density at radius 2 is 2.12 bits per heavy atom. The maximum absolute atomic E-state index is 11.8. The molecule has 0 spiro atoms. The Bertz CT molecular complexity index is 500. The second-order valence-electron chi connectivity index (χ2n) is 6.13. The summed E-state index contributed by atoms with van der Waals surface area (Å²) in [5.41, 5.74) is 0. The van der Waals surface area contributed by atoms with Crippen molar-refractivity contribution in [3.8, 4) is 0 Å². The molecule has 0 unspecified atom stereocenters. The Kier molecular flexibility index (Phi) is 7.61. The van der Waals surface area contributed by atoms with Gasteiger partial charge in [0.1, 0.15) is 0 Å². The zero-order chi connectivity index (χ0) is 17.4. The summed E-state index contributed by atoms with van der Waals surface area (Å²) in [5, 5.41) is 6.88. The fraction of sp³-hybridized carbons (Fsp3) is 0.812. The zero-order valence-corrected chi connectivity index (χ0v) is 15.0. The number of piperazine rings is 1. The molecule has 8 heteroatoms. The first-order valence-corrected chi connectivity index (χ1v) is 8.68. The molecule has 1 fully saturated rings. The molecule has 2 rings (SSSR count). The van der Waals surface area contributed by atoms with E-state index < -0.39 is 0 Å². The highest BCUT2D eigenvalue weighted by molar-refractivity contribution is 5.77. The number of methoxy groups -OCH3 is 1. The summed E-state index contributed by atoms with van der Waals surface area (Å²) in [7, 11) is 1.63. The molecule has 0 aliphatic carbocycles. The van der Waals surface area contributed by atoms with Crippen LogP contribution in [0.5, 0.6) is 0 Å². The van der Waals surface area contributed by atoms with Crippen LogP contribution >= 0.6 is 0 Å². The number of nitrogens with one attached hydrogen (secondary N) is 1. The summed E-state index contributed by atoms with van der Waals surface area (Å²) >= 11 is 0. The molecule has 0 bridgehead atoms. The van der Waals surface area contributed by atoms with Gasteiger partial charge in [-0.05, 0) is 13.3 Å². The molecule has 1 aliphatic rings. The minimum absolute atomic E-state index is 0.0506. The fourth-order valence-electron chi connectivity index (χ4n) is 2.78. The molecule has 1 amide bonds. The third-order valence-corrected chi connectivity index (χ3v) is 4.26. The summed E-state index contributed by atoms with van der Waals surface area (Å²) in [4.78, 5) is 20.8. The monoisotopic (exact) mass is 339 g/mol. The number of hydrogen-bond donors (Lipinski definition) is 1. The summed E-state index contributed by atoms with van der Waals surface area (Å²) in [6, 6.07) is 0.112. The molecule has 1 atom stereocenters. The van der Waals surface area contributed by atoms with Gasteiger partial charge < -0.3 is 14.6 Å². The second-order valence-corrected chi connectivity index (χ2v) is 6.13. The lowest BCUT2D eigenvalue weighted by Gasteiger charge is -2.36. The van der Waals surface area contributed by atoms with Gasteiger partial charge in [0, 0.05) is 46.3 Å². The van der Waals surface area contributed by atoms with E-state index in [2.05, 4.69) is 39.1 Å². The first-order chi connectivity index (χ1) is 11.6. The number of carbonyl (C=O) groups is 1. The van der Waals surface area contributed by atoms with Gasteiger partial charge in [-0.2, -0.15) is 4.98 Å².